The van der Waals surface area contributed by atoms with Crippen LogP contribution in [0.5, 0.6) is 34.5 Å². The van der Waals surface area contributed by atoms with Gasteiger partial charge < -0.3 is 18.9 Å². The molecule has 0 fully saturated rings. The average molecular weight is 986 g/mol. The molecule has 64 heavy (non-hydrogen) atoms. The molecule has 15 nitrogen and oxygen atoms in total. The first-order valence-corrected chi connectivity index (χ1v) is 22.0. The van der Waals surface area contributed by atoms with Crippen molar-refractivity contribution in [2.45, 2.75) is 12.7 Å². The van der Waals surface area contributed by atoms with Gasteiger partial charge in [-0.2, -0.15) is 0 Å². The monoisotopic (exact) mass is 985 g/mol. The van der Waals surface area contributed by atoms with E-state index in [-0.39, 0.29) is 67.2 Å². The zero-order valence-electron chi connectivity index (χ0n) is 31.9. The van der Waals surface area contributed by atoms with Crippen molar-refractivity contribution in [1.82, 2.24) is 9.97 Å². The van der Waals surface area contributed by atoms with E-state index in [0.29, 0.717) is 0 Å². The minimum atomic E-state index is -4.89. The highest BCUT2D eigenvalue weighted by Gasteiger charge is 2.33. The molecule has 0 amide bonds. The molecule has 0 aliphatic rings. The summed E-state index contributed by atoms with van der Waals surface area (Å²) < 4.78 is 166. The third kappa shape index (κ3) is 12.8. The van der Waals surface area contributed by atoms with E-state index in [0.717, 1.165) is 55.5 Å². The largest absolute Gasteiger partial charge is 0.805 e. The molecule has 2 N–H and O–H groups in total. The molecule has 0 saturated heterocycles. The van der Waals surface area contributed by atoms with Crippen LogP contribution in [0.3, 0.4) is 0 Å². The van der Waals surface area contributed by atoms with Crippen molar-refractivity contribution in [3.05, 3.63) is 117 Å². The van der Waals surface area contributed by atoms with Crippen LogP contribution >= 0.6 is 30.9 Å². The Balaban J connectivity index is 1.14. The molecule has 0 aliphatic heterocycles. The summed E-state index contributed by atoms with van der Waals surface area (Å²) >= 11 is -3.49. The summed E-state index contributed by atoms with van der Waals surface area (Å²) in [5, 5.41) is 3.11. The molecule has 2 unspecified atom stereocenters. The van der Waals surface area contributed by atoms with Crippen LogP contribution in [0.2, 0.25) is 0 Å². The van der Waals surface area contributed by atoms with Gasteiger partial charge in [-0.05, 0) is 72.5 Å². The SMILES string of the molecule is COc1cc(O[P+](=O)Oc2ccc(N(c3csc(C#Cc4cccc(OC(F)(F)F)c4)n3)S(=O)O)c(OC)c2)ccc1N(c1csc(C#Cc2cccc(OC(F)(F)F)c2)n1)S(=O)O. The van der Waals surface area contributed by atoms with E-state index in [4.69, 9.17) is 18.5 Å². The number of aromatic nitrogens is 2. The van der Waals surface area contributed by atoms with E-state index in [1.807, 2.05) is 0 Å². The molecule has 2 atom stereocenters. The number of hydrogen-bond acceptors (Lipinski definition) is 13. The van der Waals surface area contributed by atoms with Crippen LogP contribution in [0.1, 0.15) is 21.1 Å². The normalized spacial score (nSPS) is 12.3. The number of nitrogens with zero attached hydrogens (tertiary/aromatic N) is 4. The van der Waals surface area contributed by atoms with Gasteiger partial charge >= 0.3 is 21.0 Å². The van der Waals surface area contributed by atoms with E-state index in [2.05, 4.69) is 43.1 Å². The predicted octanol–water partition coefficient (Wildman–Crippen LogP) is 9.88. The summed E-state index contributed by atoms with van der Waals surface area (Å²) in [4.78, 5) is 8.51. The second-order valence-corrected chi connectivity index (χ2v) is 16.0. The quantitative estimate of drug-likeness (QED) is 0.0456. The maximum absolute atomic E-state index is 13.0. The lowest BCUT2D eigenvalue weighted by molar-refractivity contribution is -0.275. The zero-order chi connectivity index (χ0) is 46.2. The Hall–Kier alpha value is -6.44. The van der Waals surface area contributed by atoms with Gasteiger partial charge in [-0.1, -0.05) is 24.0 Å². The van der Waals surface area contributed by atoms with Crippen molar-refractivity contribution in [2.75, 3.05) is 22.8 Å². The van der Waals surface area contributed by atoms with Crippen LogP contribution in [0.25, 0.3) is 0 Å². The molecule has 332 valence electrons. The average Bonchev–Trinajstić information content (AvgIpc) is 3.89. The van der Waals surface area contributed by atoms with Crippen molar-refractivity contribution in [1.29, 1.82) is 0 Å². The second-order valence-electron chi connectivity index (χ2n) is 11.8. The van der Waals surface area contributed by atoms with Crippen LogP contribution in [-0.4, -0.2) is 54.4 Å². The number of hydrogen-bond donors (Lipinski definition) is 2. The standard InChI is InChI=1S/C38H23F6N4O11PS4/c1-54-31-19-27(11-13-29(31)47(63(50)51)33-21-61-35(45-33)15-9-23-5-3-7-25(17-23)56-37(39,40)41)58-60(49)59-28-12-14-30(32(20-28)55-2)48(64(52)53)34-22-62-36(46-34)16-10-24-6-4-8-26(18-24)57-38(42,43)44/h3-8,11-14,17-22H,1-2H3,(H-,50,51,52,53)/p+1. The molecule has 0 aliphatic carbocycles. The van der Waals surface area contributed by atoms with Crippen LogP contribution in [0, 0.1) is 23.7 Å². The van der Waals surface area contributed by atoms with Crippen molar-refractivity contribution in [3.8, 4) is 58.2 Å². The van der Waals surface area contributed by atoms with E-state index >= 15 is 0 Å². The maximum Gasteiger partial charge on any atom is 0.805 e. The number of methoxy groups -OCH3 is 2. The second kappa shape index (κ2) is 20.4. The van der Waals surface area contributed by atoms with E-state index < -0.39 is 55.0 Å². The highest BCUT2D eigenvalue weighted by atomic mass is 32.2. The first kappa shape index (κ1) is 47.0. The van der Waals surface area contributed by atoms with Crippen molar-refractivity contribution in [3.63, 3.8) is 0 Å². The molecule has 6 aromatic rings. The van der Waals surface area contributed by atoms with Gasteiger partial charge in [-0.15, -0.1) is 49.0 Å². The molecule has 0 saturated carbocycles. The molecule has 2 heterocycles. The summed E-state index contributed by atoms with van der Waals surface area (Å²) in [6, 6.07) is 17.6. The summed E-state index contributed by atoms with van der Waals surface area (Å²) in [6.07, 6.45) is -9.78. The Bertz CT molecular complexity index is 2670. The Morgan fingerprint density at radius 3 is 1.38 bits per heavy atom. The van der Waals surface area contributed by atoms with Gasteiger partial charge in [0.2, 0.25) is 0 Å². The fraction of sp³-hybridized carbons (Fsp3) is 0.105. The lowest BCUT2D eigenvalue weighted by Gasteiger charge is -2.20. The van der Waals surface area contributed by atoms with Crippen molar-refractivity contribution < 1.29 is 76.4 Å². The van der Waals surface area contributed by atoms with Crippen molar-refractivity contribution in [2.24, 2.45) is 0 Å². The molecule has 26 heteroatoms. The predicted molar refractivity (Wildman–Crippen MR) is 223 cm³/mol. The molecule has 0 radical (unpaired) electrons. The van der Waals surface area contributed by atoms with Crippen LogP contribution in [0.4, 0.5) is 49.4 Å². The first-order chi connectivity index (χ1) is 30.4. The van der Waals surface area contributed by atoms with Crippen molar-refractivity contribution >= 4 is 76.5 Å². The summed E-state index contributed by atoms with van der Waals surface area (Å²) in [7, 11) is -0.470. The fourth-order valence-corrected chi connectivity index (χ4v) is 8.31. The number of benzene rings is 4. The molecule has 0 spiro atoms. The third-order valence-corrected chi connectivity index (χ3v) is 11.2. The Morgan fingerprint density at radius 1 is 0.609 bits per heavy atom. The highest BCUT2D eigenvalue weighted by molar-refractivity contribution is 7.81. The summed E-state index contributed by atoms with van der Waals surface area (Å²) in [5.74, 6) is 9.48. The van der Waals surface area contributed by atoms with E-state index in [1.54, 1.807) is 0 Å². The van der Waals surface area contributed by atoms with Gasteiger partial charge in [0, 0.05) is 38.6 Å². The minimum absolute atomic E-state index is 0.0174. The maximum atomic E-state index is 13.0. The molecular weight excluding hydrogens is 962 g/mol. The van der Waals surface area contributed by atoms with Gasteiger partial charge in [0.05, 0.1) is 14.2 Å². The number of thiazole rings is 2. The number of ether oxygens (including phenoxy) is 4. The Kier molecular flexibility index (Phi) is 15.0. The minimum Gasteiger partial charge on any atom is -0.494 e. The lowest BCUT2D eigenvalue weighted by atomic mass is 10.2. The Labute approximate surface area is 371 Å². The number of anilines is 4. The van der Waals surface area contributed by atoms with Gasteiger partial charge in [-0.3, -0.25) is 9.11 Å². The summed E-state index contributed by atoms with van der Waals surface area (Å²) in [5.41, 5.74) is 0.406. The van der Waals surface area contributed by atoms with Crippen LogP contribution in [-0.2, 0) is 27.1 Å². The third-order valence-electron chi connectivity index (χ3n) is 7.58. The number of alkyl halides is 6. The van der Waals surface area contributed by atoms with Crippen LogP contribution < -0.4 is 36.6 Å². The van der Waals surface area contributed by atoms with Gasteiger partial charge in [0.1, 0.15) is 34.4 Å². The van der Waals surface area contributed by atoms with Gasteiger partial charge in [0.25, 0.3) is 22.5 Å². The molecular formula is C38H24F6N4O11PS4+. The molecule has 4 aromatic carbocycles. The molecule has 2 aromatic heterocycles. The number of halogens is 6. The fourth-order valence-electron chi connectivity index (χ4n) is 5.16. The smallest absolute Gasteiger partial charge is 0.494 e. The van der Waals surface area contributed by atoms with E-state index in [1.165, 1.54) is 85.6 Å². The zero-order valence-corrected chi connectivity index (χ0v) is 36.1. The summed E-state index contributed by atoms with van der Waals surface area (Å²) in [6.45, 7) is 0. The van der Waals surface area contributed by atoms with E-state index in [9.17, 15) is 48.4 Å². The topological polar surface area (TPSA) is 179 Å². The number of rotatable bonds is 14. The first-order valence-electron chi connectivity index (χ1n) is 17.1. The lowest BCUT2D eigenvalue weighted by Crippen LogP contribution is -2.20. The molecule has 0 bridgehead atoms. The molecule has 6 rings (SSSR count). The van der Waals surface area contributed by atoms with Gasteiger partial charge in [0.15, 0.2) is 33.1 Å². The van der Waals surface area contributed by atoms with Gasteiger partial charge in [-0.25, -0.2) is 36.0 Å². The van der Waals surface area contributed by atoms with Crippen LogP contribution in [0.15, 0.2) is 95.7 Å². The Morgan fingerprint density at radius 2 is 1.02 bits per heavy atom. The highest BCUT2D eigenvalue weighted by Crippen LogP contribution is 2.42.